The van der Waals surface area contributed by atoms with E-state index < -0.39 is 0 Å². The Hall–Kier alpha value is -0.970. The second-order valence-electron chi connectivity index (χ2n) is 5.27. The molecule has 1 fully saturated rings. The van der Waals surface area contributed by atoms with Crippen LogP contribution in [0.1, 0.15) is 29.8 Å². The van der Waals surface area contributed by atoms with E-state index in [-0.39, 0.29) is 0 Å². The van der Waals surface area contributed by atoms with Crippen molar-refractivity contribution in [3.05, 3.63) is 33.8 Å². The molecule has 1 saturated carbocycles. The predicted octanol–water partition coefficient (Wildman–Crippen LogP) is 3.85. The molecule has 0 amide bonds. The van der Waals surface area contributed by atoms with Gasteiger partial charge in [0, 0.05) is 18.0 Å². The molecule has 20 heavy (non-hydrogen) atoms. The lowest BCUT2D eigenvalue weighted by atomic mass is 10.1. The zero-order valence-corrected chi connectivity index (χ0v) is 13.1. The first-order chi connectivity index (χ1) is 9.74. The zero-order chi connectivity index (χ0) is 13.9. The van der Waals surface area contributed by atoms with Gasteiger partial charge >= 0.3 is 0 Å². The Labute approximate surface area is 128 Å². The number of hydrogen-bond acceptors (Lipinski definition) is 4. The van der Waals surface area contributed by atoms with Crippen LogP contribution in [0, 0.1) is 6.92 Å². The van der Waals surface area contributed by atoms with Gasteiger partial charge < -0.3 is 5.32 Å². The Morgan fingerprint density at radius 3 is 3.00 bits per heavy atom. The van der Waals surface area contributed by atoms with E-state index in [9.17, 15) is 0 Å². The third-order valence-electron chi connectivity index (χ3n) is 3.47. The molecule has 106 valence electrons. The predicted molar refractivity (Wildman–Crippen MR) is 84.4 cm³/mol. The van der Waals surface area contributed by atoms with Crippen molar-refractivity contribution in [3.63, 3.8) is 0 Å². The van der Waals surface area contributed by atoms with Gasteiger partial charge in [-0.05, 0) is 38.3 Å². The van der Waals surface area contributed by atoms with Crippen LogP contribution in [0.4, 0.5) is 0 Å². The molecule has 1 aromatic carbocycles. The van der Waals surface area contributed by atoms with Crippen LogP contribution in [0.25, 0.3) is 10.6 Å². The quantitative estimate of drug-likeness (QED) is 0.824. The molecule has 1 aliphatic rings. The first kappa shape index (κ1) is 14.0. The maximum atomic E-state index is 6.33. The van der Waals surface area contributed by atoms with Gasteiger partial charge in [-0.15, -0.1) is 10.2 Å². The average Bonchev–Trinajstić information content (AvgIpc) is 3.15. The second-order valence-corrected chi connectivity index (χ2v) is 6.71. The van der Waals surface area contributed by atoms with Crippen LogP contribution in [0.15, 0.2) is 18.2 Å². The van der Waals surface area contributed by atoms with Crippen LogP contribution in [-0.4, -0.2) is 22.8 Å². The molecule has 0 radical (unpaired) electrons. The Kier molecular flexibility index (Phi) is 4.34. The summed E-state index contributed by atoms with van der Waals surface area (Å²) >= 11 is 7.98. The number of aryl methyl sites for hydroxylation is 2. The van der Waals surface area contributed by atoms with Crippen molar-refractivity contribution in [1.82, 2.24) is 15.5 Å². The summed E-state index contributed by atoms with van der Waals surface area (Å²) in [5.41, 5.74) is 2.07. The molecule has 3 nitrogen and oxygen atoms in total. The third-order valence-corrected chi connectivity index (χ3v) is 4.98. The number of hydrogen-bond donors (Lipinski definition) is 1. The van der Waals surface area contributed by atoms with Gasteiger partial charge in [-0.2, -0.15) is 0 Å². The van der Waals surface area contributed by atoms with E-state index in [2.05, 4.69) is 15.5 Å². The molecule has 1 heterocycles. The molecule has 0 atom stereocenters. The lowest BCUT2D eigenvalue weighted by Crippen LogP contribution is -2.17. The van der Waals surface area contributed by atoms with Gasteiger partial charge in [-0.25, -0.2) is 0 Å². The molecule has 0 bridgehead atoms. The number of nitrogens with zero attached hydrogens (tertiary/aromatic N) is 2. The molecule has 0 spiro atoms. The SMILES string of the molecule is Cc1cccc(-c2nnc(CCCNC3CC3)s2)c1Cl. The van der Waals surface area contributed by atoms with Crippen molar-refractivity contribution in [2.75, 3.05) is 6.54 Å². The lowest BCUT2D eigenvalue weighted by molar-refractivity contribution is 0.643. The van der Waals surface area contributed by atoms with Crippen LogP contribution in [0.2, 0.25) is 5.02 Å². The minimum Gasteiger partial charge on any atom is -0.314 e. The number of halogens is 1. The van der Waals surface area contributed by atoms with Crippen LogP contribution < -0.4 is 5.32 Å². The van der Waals surface area contributed by atoms with Crippen molar-refractivity contribution in [3.8, 4) is 10.6 Å². The monoisotopic (exact) mass is 307 g/mol. The van der Waals surface area contributed by atoms with Crippen molar-refractivity contribution in [1.29, 1.82) is 0 Å². The third kappa shape index (κ3) is 3.37. The van der Waals surface area contributed by atoms with Gasteiger partial charge in [-0.3, -0.25) is 0 Å². The second kappa shape index (κ2) is 6.20. The highest BCUT2D eigenvalue weighted by molar-refractivity contribution is 7.14. The van der Waals surface area contributed by atoms with Crippen molar-refractivity contribution < 1.29 is 0 Å². The lowest BCUT2D eigenvalue weighted by Gasteiger charge is -2.02. The summed E-state index contributed by atoms with van der Waals surface area (Å²) in [4.78, 5) is 0. The van der Waals surface area contributed by atoms with Gasteiger partial charge in [-0.1, -0.05) is 41.1 Å². The number of nitrogens with one attached hydrogen (secondary N) is 1. The first-order valence-corrected chi connectivity index (χ1v) is 8.25. The number of aromatic nitrogens is 2. The van der Waals surface area contributed by atoms with Gasteiger partial charge in [0.15, 0.2) is 0 Å². The van der Waals surface area contributed by atoms with E-state index in [1.807, 2.05) is 25.1 Å². The highest BCUT2D eigenvalue weighted by Crippen LogP contribution is 2.32. The Morgan fingerprint density at radius 1 is 1.35 bits per heavy atom. The minimum absolute atomic E-state index is 0.783. The molecule has 0 saturated heterocycles. The number of benzene rings is 1. The molecular weight excluding hydrogens is 290 g/mol. The Balaban J connectivity index is 1.62. The highest BCUT2D eigenvalue weighted by atomic mass is 35.5. The van der Waals surface area contributed by atoms with Crippen molar-refractivity contribution in [2.24, 2.45) is 0 Å². The molecule has 5 heteroatoms. The van der Waals surface area contributed by atoms with E-state index >= 15 is 0 Å². The fraction of sp³-hybridized carbons (Fsp3) is 0.467. The maximum absolute atomic E-state index is 6.33. The molecule has 3 rings (SSSR count). The van der Waals surface area contributed by atoms with Crippen LogP contribution in [0.5, 0.6) is 0 Å². The first-order valence-electron chi connectivity index (χ1n) is 7.05. The normalized spacial score (nSPS) is 14.7. The van der Waals surface area contributed by atoms with Crippen molar-refractivity contribution in [2.45, 2.75) is 38.6 Å². The Bertz CT molecular complexity index is 593. The number of rotatable bonds is 6. The van der Waals surface area contributed by atoms with Gasteiger partial charge in [0.1, 0.15) is 10.0 Å². The molecular formula is C15H18ClN3S. The topological polar surface area (TPSA) is 37.8 Å². The fourth-order valence-corrected chi connectivity index (χ4v) is 3.29. The van der Waals surface area contributed by atoms with Gasteiger partial charge in [0.2, 0.25) is 0 Å². The van der Waals surface area contributed by atoms with Gasteiger partial charge in [0.25, 0.3) is 0 Å². The zero-order valence-electron chi connectivity index (χ0n) is 11.5. The van der Waals surface area contributed by atoms with Gasteiger partial charge in [0.05, 0.1) is 5.02 Å². The smallest absolute Gasteiger partial charge is 0.149 e. The summed E-state index contributed by atoms with van der Waals surface area (Å²) < 4.78 is 0. The van der Waals surface area contributed by atoms with E-state index in [0.717, 1.165) is 51.6 Å². The van der Waals surface area contributed by atoms with Crippen LogP contribution in [-0.2, 0) is 6.42 Å². The van der Waals surface area contributed by atoms with Crippen molar-refractivity contribution >= 4 is 22.9 Å². The maximum Gasteiger partial charge on any atom is 0.149 e. The summed E-state index contributed by atoms with van der Waals surface area (Å²) in [7, 11) is 0. The van der Waals surface area contributed by atoms with E-state index in [1.54, 1.807) is 11.3 Å². The summed E-state index contributed by atoms with van der Waals surface area (Å²) in [5.74, 6) is 0. The minimum atomic E-state index is 0.783. The standard InChI is InChI=1S/C15H18ClN3S/c1-10-4-2-5-12(14(10)16)15-19-18-13(20-15)6-3-9-17-11-7-8-11/h2,4-5,11,17H,3,6-9H2,1H3. The fourth-order valence-electron chi connectivity index (χ4n) is 2.11. The highest BCUT2D eigenvalue weighted by Gasteiger charge is 2.19. The summed E-state index contributed by atoms with van der Waals surface area (Å²) in [5, 5.41) is 14.9. The molecule has 1 aromatic heterocycles. The molecule has 1 N–H and O–H groups in total. The van der Waals surface area contributed by atoms with E-state index in [1.165, 1.54) is 12.8 Å². The molecule has 0 unspecified atom stereocenters. The largest absolute Gasteiger partial charge is 0.314 e. The van der Waals surface area contributed by atoms with Crippen LogP contribution in [0.3, 0.4) is 0 Å². The summed E-state index contributed by atoms with van der Waals surface area (Å²) in [6.07, 6.45) is 4.79. The Morgan fingerprint density at radius 2 is 2.20 bits per heavy atom. The summed E-state index contributed by atoms with van der Waals surface area (Å²) in [6, 6.07) is 6.81. The molecule has 0 aliphatic heterocycles. The summed E-state index contributed by atoms with van der Waals surface area (Å²) in [6.45, 7) is 3.09. The average molecular weight is 308 g/mol. The van der Waals surface area contributed by atoms with Crippen LogP contribution >= 0.6 is 22.9 Å². The van der Waals surface area contributed by atoms with E-state index in [0.29, 0.717) is 0 Å². The molecule has 2 aromatic rings. The van der Waals surface area contributed by atoms with E-state index in [4.69, 9.17) is 11.6 Å². The molecule has 1 aliphatic carbocycles.